The maximum atomic E-state index is 13.0. The highest BCUT2D eigenvalue weighted by molar-refractivity contribution is 9.10. The van der Waals surface area contributed by atoms with E-state index in [1.807, 2.05) is 156 Å². The molecule has 0 radical (unpaired) electrons. The topological polar surface area (TPSA) is 184 Å². The highest BCUT2D eigenvalue weighted by Crippen LogP contribution is 2.47. The minimum absolute atomic E-state index is 0.000382. The quantitative estimate of drug-likeness (QED) is 0.0663. The van der Waals surface area contributed by atoms with E-state index in [0.29, 0.717) is 0 Å². The summed E-state index contributed by atoms with van der Waals surface area (Å²) in [6.45, 7) is 28.4. The Hall–Kier alpha value is -14.4. The molecule has 0 aliphatic carbocycles. The van der Waals surface area contributed by atoms with Crippen molar-refractivity contribution in [1.82, 2.24) is 31.9 Å². The van der Waals surface area contributed by atoms with Gasteiger partial charge in [0.25, 0.3) is 0 Å². The fourth-order valence-electron chi connectivity index (χ4n) is 19.6. The van der Waals surface area contributed by atoms with Gasteiger partial charge in [0.1, 0.15) is 5.75 Å². The number of carbonyl (C=O) groups is 6. The van der Waals surface area contributed by atoms with Crippen molar-refractivity contribution in [1.29, 1.82) is 0 Å². The van der Waals surface area contributed by atoms with Crippen LogP contribution in [0.4, 0.5) is 0 Å². The summed E-state index contributed by atoms with van der Waals surface area (Å²) in [7, 11) is 1.65. The molecule has 14 aromatic rings. The summed E-state index contributed by atoms with van der Waals surface area (Å²) < 4.78 is 7.30. The summed E-state index contributed by atoms with van der Waals surface area (Å²) >= 11 is 6.93. The van der Waals surface area contributed by atoms with Gasteiger partial charge in [-0.2, -0.15) is 0 Å². The van der Waals surface area contributed by atoms with Crippen LogP contribution >= 0.6 is 31.9 Å². The number of aryl methyl sites for hydroxylation is 3. The van der Waals surface area contributed by atoms with Crippen molar-refractivity contribution in [2.45, 2.75) is 169 Å². The number of hydrogen-bond acceptors (Lipinski definition) is 7. The van der Waals surface area contributed by atoms with Crippen LogP contribution in [0.3, 0.4) is 0 Å². The molecule has 0 fully saturated rings. The Morgan fingerprint density at radius 1 is 0.250 bits per heavy atom. The van der Waals surface area contributed by atoms with E-state index in [-0.39, 0.29) is 52.1 Å². The average Bonchev–Trinajstić information content (AvgIpc) is 0.752. The van der Waals surface area contributed by atoms with Gasteiger partial charge in [0, 0.05) is 81.4 Å². The Bertz CT molecular complexity index is 7040. The summed E-state index contributed by atoms with van der Waals surface area (Å²) in [5.74, 6) is 0.839. The number of ether oxygens (including phenoxy) is 1. The van der Waals surface area contributed by atoms with E-state index in [4.69, 9.17) is 4.74 Å². The molecule has 6 atom stereocenters. The Morgan fingerprint density at radius 3 is 0.950 bits per heavy atom. The van der Waals surface area contributed by atoms with Crippen molar-refractivity contribution in [2.24, 2.45) is 0 Å². The minimum Gasteiger partial charge on any atom is -0.497 e. The first-order valence-corrected chi connectivity index (χ1v) is 49.3. The summed E-state index contributed by atoms with van der Waals surface area (Å²) in [5.41, 5.74) is 25.5. The van der Waals surface area contributed by atoms with Crippen molar-refractivity contribution in [3.8, 4) is 5.75 Å². The van der Waals surface area contributed by atoms with Crippen LogP contribution < -0.4 is 36.6 Å². The lowest BCUT2D eigenvalue weighted by atomic mass is 9.77. The van der Waals surface area contributed by atoms with Crippen LogP contribution in [0.25, 0.3) is 55.0 Å². The molecule has 6 N–H and O–H groups in total. The van der Waals surface area contributed by atoms with Gasteiger partial charge in [-0.1, -0.05) is 358 Å². The van der Waals surface area contributed by atoms with Crippen LogP contribution in [0.1, 0.15) is 198 Å². The van der Waals surface area contributed by atoms with Crippen molar-refractivity contribution in [2.75, 3.05) is 7.11 Å². The van der Waals surface area contributed by atoms with E-state index in [9.17, 15) is 28.8 Å². The average molecular weight is 1980 g/mol. The van der Waals surface area contributed by atoms with Crippen LogP contribution in [0, 0.1) is 20.8 Å². The fraction of sp³-hybridized carbons (Fsp3) is 0.216. The minimum atomic E-state index is -0.451. The van der Waals surface area contributed by atoms with Gasteiger partial charge in [0.05, 0.1) is 40.3 Å². The molecular formula is C125H122Br2N6O7. The molecule has 6 aliphatic heterocycles. The lowest BCUT2D eigenvalue weighted by Crippen LogP contribution is -2.47. The summed E-state index contributed by atoms with van der Waals surface area (Å²) in [4.78, 5) is 75.1. The third-order valence-corrected chi connectivity index (χ3v) is 29.4. The molecule has 0 aromatic heterocycles. The Labute approximate surface area is 841 Å². The molecule has 13 nitrogen and oxygen atoms in total. The molecule has 0 saturated heterocycles. The number of carbonyl (C=O) groups excluding carboxylic acids is 6. The molecule has 6 unspecified atom stereocenters. The zero-order valence-corrected chi connectivity index (χ0v) is 85.6. The van der Waals surface area contributed by atoms with Gasteiger partial charge < -0.3 is 36.6 Å². The van der Waals surface area contributed by atoms with Gasteiger partial charge in [-0.15, -0.1) is 0 Å². The third-order valence-electron chi connectivity index (χ3n) is 28.3. The SMILES string of the molecule is CC1(c2ccccc2)CC(c2ccccc2)=CC(=O)N1.CC1=C(c2ccc(Br)cc2)CC(C)(c2ccc(Br)cc2)NC1=O.CC1=C(c2ccc(C)cc2)CC(C)(c2ccc(C)cc2)NC1=O.CC1=C(c2cccc3ccccc23)CC(C)(c2ccc3ccccc3c2)NC1=O.CC1=C(c2ccccc2)CC(C)(c2ccccc2)NC1=O.COc1ccc(C2=C(C)C(=O)NC(C)(c3ccc(C)cc3)C2)cc1. The van der Waals surface area contributed by atoms with Gasteiger partial charge in [0.2, 0.25) is 35.4 Å². The normalized spacial score (nSPS) is 21.1. The van der Waals surface area contributed by atoms with Gasteiger partial charge >= 0.3 is 0 Å². The van der Waals surface area contributed by atoms with Gasteiger partial charge in [-0.05, 0) is 261 Å². The largest absolute Gasteiger partial charge is 0.497 e. The van der Waals surface area contributed by atoms with E-state index in [2.05, 4.69) is 357 Å². The fourth-order valence-corrected chi connectivity index (χ4v) is 20.1. The number of amides is 6. The smallest absolute Gasteiger partial charge is 0.247 e. The second-order valence-electron chi connectivity index (χ2n) is 38.9. The second-order valence-corrected chi connectivity index (χ2v) is 40.7. The van der Waals surface area contributed by atoms with E-state index in [0.717, 1.165) is 181 Å². The first-order chi connectivity index (χ1) is 67.0. The lowest BCUT2D eigenvalue weighted by Gasteiger charge is -2.37. The van der Waals surface area contributed by atoms with Crippen molar-refractivity contribution in [3.05, 3.63) is 478 Å². The second kappa shape index (κ2) is 42.9. The molecule has 0 bridgehead atoms. The molecular weight excluding hydrogens is 1860 g/mol. The standard InChI is InChI=1S/C27H23NO.C21H23NO2.C21H23NO.C19H17Br2NO.C19H19NO.C18H17NO/c1-18-25(24-13-7-11-20-9-5-6-12-23(20)24)17-27(2,28-26(18)29)22-15-14-19-8-3-4-10-21(19)16-22;1-14-5-9-17(10-6-14)21(3)13-19(15(2)20(23)22-21)16-7-11-18(24-4)12-8-16;1-14-5-9-17(10-6-14)19-13-21(4,22-20(23)16(19)3)18-11-7-15(2)8-12-18;1-12-17(13-3-7-15(20)8-4-13)11-19(2,22-18(12)23)14-5-9-16(21)10-6-14;1-14-17(15-9-5-3-6-10-15)13-19(2,20-18(14)21)16-11-7-4-8-12-16;1-18(16-10-6-3-7-11-16)13-15(12-17(20)19-18)14-8-4-2-5-9-14/h3-16H,17H2,1-2H3,(H,28,29);5-12H,13H2,1-4H3,(H,22,23);5-12H,13H2,1-4H3,(H,22,23);3-10H,11H2,1-2H3,(H,22,23);3-12H,13H2,1-2H3,(H,20,21);2-12H,13H2,1H3,(H,19,20). The number of hydrogen-bond donors (Lipinski definition) is 6. The van der Waals surface area contributed by atoms with Gasteiger partial charge in [-0.3, -0.25) is 28.8 Å². The first-order valence-electron chi connectivity index (χ1n) is 47.7. The summed E-state index contributed by atoms with van der Waals surface area (Å²) in [5, 5.41) is 23.9. The van der Waals surface area contributed by atoms with Crippen LogP contribution in [0.2, 0.25) is 0 Å². The Balaban J connectivity index is 0.000000128. The zero-order valence-electron chi connectivity index (χ0n) is 82.4. The molecule has 708 valence electrons. The molecule has 6 amide bonds. The predicted octanol–water partition coefficient (Wildman–Crippen LogP) is 27.7. The first kappa shape index (κ1) is 100. The maximum Gasteiger partial charge on any atom is 0.247 e. The molecule has 14 aromatic carbocycles. The summed E-state index contributed by atoms with van der Waals surface area (Å²) in [6.07, 6.45) is 6.41. The number of rotatable bonds is 13. The van der Waals surface area contributed by atoms with E-state index in [1.54, 1.807) is 13.2 Å². The Morgan fingerprint density at radius 2 is 0.536 bits per heavy atom. The number of methoxy groups -OCH3 is 1. The van der Waals surface area contributed by atoms with Crippen molar-refractivity contribution in [3.63, 3.8) is 0 Å². The lowest BCUT2D eigenvalue weighted by molar-refractivity contribution is -0.120. The monoisotopic (exact) mass is 1980 g/mol. The number of fused-ring (bicyclic) bond motifs is 2. The molecule has 6 heterocycles. The molecule has 0 spiro atoms. The Kier molecular flexibility index (Phi) is 30.7. The highest BCUT2D eigenvalue weighted by Gasteiger charge is 2.42. The zero-order chi connectivity index (χ0) is 99.4. The maximum absolute atomic E-state index is 13.0. The van der Waals surface area contributed by atoms with Crippen LogP contribution in [0.15, 0.2) is 395 Å². The molecule has 140 heavy (non-hydrogen) atoms. The number of nitrogens with one attached hydrogen (secondary N) is 6. The van der Waals surface area contributed by atoms with E-state index in [1.165, 1.54) is 38.2 Å². The molecule has 20 rings (SSSR count). The summed E-state index contributed by atoms with van der Waals surface area (Å²) in [6, 6.07) is 120. The number of benzene rings is 14. The van der Waals surface area contributed by atoms with Gasteiger partial charge in [0.15, 0.2) is 0 Å². The van der Waals surface area contributed by atoms with Crippen LogP contribution in [-0.2, 0) is 62.0 Å². The molecule has 6 aliphatic rings. The van der Waals surface area contributed by atoms with Crippen molar-refractivity contribution < 1.29 is 33.5 Å². The molecule has 0 saturated carbocycles. The highest BCUT2D eigenvalue weighted by atomic mass is 79.9. The third kappa shape index (κ3) is 22.9. The van der Waals surface area contributed by atoms with Crippen molar-refractivity contribution >= 4 is 122 Å². The van der Waals surface area contributed by atoms with E-state index >= 15 is 0 Å². The molecule has 15 heteroatoms. The predicted molar refractivity (Wildman–Crippen MR) is 580 cm³/mol. The van der Waals surface area contributed by atoms with Crippen LogP contribution in [-0.4, -0.2) is 42.6 Å². The number of halogens is 2. The van der Waals surface area contributed by atoms with Crippen LogP contribution in [0.5, 0.6) is 5.75 Å². The van der Waals surface area contributed by atoms with E-state index < -0.39 is 16.6 Å². The van der Waals surface area contributed by atoms with Gasteiger partial charge in [-0.25, -0.2) is 0 Å².